The molecule has 1 atom stereocenters. The molecule has 1 aromatic carbocycles. The highest BCUT2D eigenvalue weighted by Gasteiger charge is 2.09. The van der Waals surface area contributed by atoms with E-state index in [4.69, 9.17) is 5.11 Å². The topological polar surface area (TPSA) is 49.3 Å². The van der Waals surface area contributed by atoms with Gasteiger partial charge in [-0.3, -0.25) is 4.79 Å². The minimum Gasteiger partial charge on any atom is -0.393 e. The van der Waals surface area contributed by atoms with E-state index < -0.39 is 6.10 Å². The molecule has 1 rings (SSSR count). The van der Waals surface area contributed by atoms with Crippen LogP contribution in [0, 0.1) is 0 Å². The lowest BCUT2D eigenvalue weighted by atomic mass is 10.2. The van der Waals surface area contributed by atoms with Crippen molar-refractivity contribution in [2.45, 2.75) is 24.3 Å². The summed E-state index contributed by atoms with van der Waals surface area (Å²) < 4.78 is 0.736. The fourth-order valence-electron chi connectivity index (χ4n) is 1.18. The van der Waals surface area contributed by atoms with Gasteiger partial charge in [-0.1, -0.05) is 0 Å². The second kappa shape index (κ2) is 6.27. The quantitative estimate of drug-likeness (QED) is 0.747. The Morgan fingerprint density at radius 3 is 2.94 bits per heavy atom. The second-order valence-corrected chi connectivity index (χ2v) is 4.93. The molecule has 0 bridgehead atoms. The Bertz CT molecular complexity index is 382. The Labute approximate surface area is 109 Å². The molecule has 0 aliphatic carbocycles. The number of halogens is 1. The van der Waals surface area contributed by atoms with Gasteiger partial charge in [-0.15, -0.1) is 12.6 Å². The van der Waals surface area contributed by atoms with Gasteiger partial charge < -0.3 is 10.4 Å². The van der Waals surface area contributed by atoms with Crippen molar-refractivity contribution in [3.63, 3.8) is 0 Å². The number of carbonyl (C=O) groups excluding carboxylic acids is 1. The predicted molar refractivity (Wildman–Crippen MR) is 70.0 cm³/mol. The molecule has 5 heteroatoms. The molecule has 0 heterocycles. The Kier molecular flexibility index (Phi) is 5.31. The lowest BCUT2D eigenvalue weighted by molar-refractivity contribution is 0.0944. The molecule has 3 nitrogen and oxygen atoms in total. The fourth-order valence-corrected chi connectivity index (χ4v) is 1.81. The van der Waals surface area contributed by atoms with Crippen molar-refractivity contribution < 1.29 is 9.90 Å². The molecule has 1 unspecified atom stereocenters. The number of aliphatic hydroxyl groups excluding tert-OH is 1. The fraction of sp³-hybridized carbons (Fsp3) is 0.364. The van der Waals surface area contributed by atoms with E-state index in [1.807, 2.05) is 0 Å². The summed E-state index contributed by atoms with van der Waals surface area (Å²) in [5, 5.41) is 11.8. The number of hydrogen-bond acceptors (Lipinski definition) is 3. The van der Waals surface area contributed by atoms with Gasteiger partial charge >= 0.3 is 0 Å². The first-order chi connectivity index (χ1) is 7.50. The number of carbonyl (C=O) groups is 1. The summed E-state index contributed by atoms with van der Waals surface area (Å²) >= 11 is 7.49. The summed E-state index contributed by atoms with van der Waals surface area (Å²) in [6.07, 6.45) is 0.143. The summed E-state index contributed by atoms with van der Waals surface area (Å²) in [6.45, 7) is 2.15. The average Bonchev–Trinajstić information content (AvgIpc) is 2.21. The highest BCUT2D eigenvalue weighted by atomic mass is 79.9. The molecule has 0 saturated heterocycles. The lowest BCUT2D eigenvalue weighted by Crippen LogP contribution is -2.26. The molecular weight excluding hydrogens is 290 g/mol. The first-order valence-corrected chi connectivity index (χ1v) is 6.19. The molecular formula is C11H14BrNO2S. The zero-order valence-electron chi connectivity index (χ0n) is 8.90. The third-order valence-electron chi connectivity index (χ3n) is 2.04. The van der Waals surface area contributed by atoms with E-state index in [1.165, 1.54) is 0 Å². The van der Waals surface area contributed by atoms with Crippen molar-refractivity contribution in [1.82, 2.24) is 5.32 Å². The van der Waals surface area contributed by atoms with E-state index in [0.717, 1.165) is 9.37 Å². The van der Waals surface area contributed by atoms with Crippen LogP contribution in [0.25, 0.3) is 0 Å². The summed E-state index contributed by atoms with van der Waals surface area (Å²) in [5.41, 5.74) is 0.554. The molecule has 1 aromatic rings. The van der Waals surface area contributed by atoms with Crippen LogP contribution in [0.15, 0.2) is 27.6 Å². The van der Waals surface area contributed by atoms with Gasteiger partial charge in [0.1, 0.15) is 0 Å². The van der Waals surface area contributed by atoms with Crippen LogP contribution in [-0.2, 0) is 0 Å². The molecule has 1 amide bonds. The maximum atomic E-state index is 11.7. The lowest BCUT2D eigenvalue weighted by Gasteiger charge is -2.08. The molecule has 16 heavy (non-hydrogen) atoms. The minimum absolute atomic E-state index is 0.163. The van der Waals surface area contributed by atoms with E-state index in [2.05, 4.69) is 33.9 Å². The van der Waals surface area contributed by atoms with Gasteiger partial charge in [0.05, 0.1) is 11.7 Å². The first-order valence-electron chi connectivity index (χ1n) is 4.95. The highest BCUT2D eigenvalue weighted by molar-refractivity contribution is 9.10. The van der Waals surface area contributed by atoms with E-state index in [9.17, 15) is 4.79 Å². The standard InChI is InChI=1S/C11H14BrNO2S/c1-7(14)4-5-13-11(15)9-6-8(16)2-3-10(9)12/h2-3,6-7,14,16H,4-5H2,1H3,(H,13,15). The summed E-state index contributed by atoms with van der Waals surface area (Å²) in [6, 6.07) is 5.29. The number of aliphatic hydroxyl groups is 1. The van der Waals surface area contributed by atoms with Crippen molar-refractivity contribution in [2.24, 2.45) is 0 Å². The second-order valence-electron chi connectivity index (χ2n) is 3.56. The van der Waals surface area contributed by atoms with Gasteiger partial charge in [0.2, 0.25) is 0 Å². The van der Waals surface area contributed by atoms with Crippen LogP contribution in [0.1, 0.15) is 23.7 Å². The van der Waals surface area contributed by atoms with Crippen molar-refractivity contribution in [2.75, 3.05) is 6.54 Å². The average molecular weight is 304 g/mol. The normalized spacial score (nSPS) is 12.2. The molecule has 0 aromatic heterocycles. The van der Waals surface area contributed by atoms with Gasteiger partial charge in [-0.05, 0) is 47.5 Å². The highest BCUT2D eigenvalue weighted by Crippen LogP contribution is 2.20. The van der Waals surface area contributed by atoms with Gasteiger partial charge in [0, 0.05) is 15.9 Å². The monoisotopic (exact) mass is 303 g/mol. The van der Waals surface area contributed by atoms with Gasteiger partial charge in [-0.2, -0.15) is 0 Å². The maximum absolute atomic E-state index is 11.7. The van der Waals surface area contributed by atoms with Crippen LogP contribution in [0.3, 0.4) is 0 Å². The van der Waals surface area contributed by atoms with E-state index in [1.54, 1.807) is 25.1 Å². The van der Waals surface area contributed by atoms with Crippen molar-refractivity contribution in [3.05, 3.63) is 28.2 Å². The Hall–Kier alpha value is -0.520. The van der Waals surface area contributed by atoms with Crippen LogP contribution in [0.4, 0.5) is 0 Å². The number of thiol groups is 1. The molecule has 0 radical (unpaired) electrons. The smallest absolute Gasteiger partial charge is 0.252 e. The number of amides is 1. The zero-order chi connectivity index (χ0) is 12.1. The van der Waals surface area contributed by atoms with Crippen LogP contribution >= 0.6 is 28.6 Å². The van der Waals surface area contributed by atoms with E-state index in [0.29, 0.717) is 18.5 Å². The van der Waals surface area contributed by atoms with Gasteiger partial charge in [0.15, 0.2) is 0 Å². The molecule has 0 aliphatic rings. The molecule has 0 aliphatic heterocycles. The third-order valence-corrected chi connectivity index (χ3v) is 3.01. The minimum atomic E-state index is -0.403. The Balaban J connectivity index is 2.62. The van der Waals surface area contributed by atoms with E-state index >= 15 is 0 Å². The Morgan fingerprint density at radius 2 is 2.31 bits per heavy atom. The summed E-state index contributed by atoms with van der Waals surface area (Å²) in [4.78, 5) is 12.5. The van der Waals surface area contributed by atoms with Crippen LogP contribution in [-0.4, -0.2) is 23.7 Å². The van der Waals surface area contributed by atoms with Crippen LogP contribution in [0.2, 0.25) is 0 Å². The summed E-state index contributed by atoms with van der Waals surface area (Å²) in [7, 11) is 0. The number of hydrogen-bond donors (Lipinski definition) is 3. The van der Waals surface area contributed by atoms with Crippen molar-refractivity contribution in [3.8, 4) is 0 Å². The molecule has 88 valence electrons. The van der Waals surface area contributed by atoms with Crippen LogP contribution in [0.5, 0.6) is 0 Å². The molecule has 2 N–H and O–H groups in total. The third kappa shape index (κ3) is 4.15. The number of nitrogens with one attached hydrogen (secondary N) is 1. The van der Waals surface area contributed by atoms with Gasteiger partial charge in [-0.25, -0.2) is 0 Å². The summed E-state index contributed by atoms with van der Waals surface area (Å²) in [5.74, 6) is -0.163. The molecule has 0 fully saturated rings. The van der Waals surface area contributed by atoms with E-state index in [-0.39, 0.29) is 5.91 Å². The predicted octanol–water partition coefficient (Wildman–Crippen LogP) is 2.24. The number of rotatable bonds is 4. The number of benzene rings is 1. The SMILES string of the molecule is CC(O)CCNC(=O)c1cc(S)ccc1Br. The van der Waals surface area contributed by atoms with Gasteiger partial charge in [0.25, 0.3) is 5.91 Å². The first kappa shape index (κ1) is 13.5. The molecule has 0 spiro atoms. The Morgan fingerprint density at radius 1 is 1.62 bits per heavy atom. The molecule has 0 saturated carbocycles. The zero-order valence-corrected chi connectivity index (χ0v) is 11.4. The van der Waals surface area contributed by atoms with Crippen molar-refractivity contribution in [1.29, 1.82) is 0 Å². The maximum Gasteiger partial charge on any atom is 0.252 e. The van der Waals surface area contributed by atoms with Crippen LogP contribution < -0.4 is 5.32 Å². The van der Waals surface area contributed by atoms with Crippen molar-refractivity contribution >= 4 is 34.5 Å². The largest absolute Gasteiger partial charge is 0.393 e.